The predicted molar refractivity (Wildman–Crippen MR) is 70.6 cm³/mol. The van der Waals surface area contributed by atoms with Gasteiger partial charge in [-0.2, -0.15) is 0 Å². The van der Waals surface area contributed by atoms with Gasteiger partial charge in [-0.1, -0.05) is 23.2 Å². The third-order valence-electron chi connectivity index (χ3n) is 2.23. The van der Waals surface area contributed by atoms with Crippen molar-refractivity contribution in [2.24, 2.45) is 0 Å². The highest BCUT2D eigenvalue weighted by Gasteiger charge is 2.07. The van der Waals surface area contributed by atoms with E-state index in [2.05, 4.69) is 4.98 Å². The van der Waals surface area contributed by atoms with Crippen molar-refractivity contribution in [2.45, 2.75) is 0 Å². The molecule has 0 aliphatic rings. The number of carbonyl (C=O) groups is 1. The van der Waals surface area contributed by atoms with E-state index in [1.165, 1.54) is 6.08 Å². The van der Waals surface area contributed by atoms with Crippen LogP contribution in [-0.2, 0) is 0 Å². The maximum absolute atomic E-state index is 11.9. The lowest BCUT2D eigenvalue weighted by atomic mass is 10.1. The molecule has 1 aromatic carbocycles. The highest BCUT2D eigenvalue weighted by atomic mass is 35.5. The second-order valence-corrected chi connectivity index (χ2v) is 4.29. The van der Waals surface area contributed by atoms with E-state index >= 15 is 0 Å². The van der Waals surface area contributed by atoms with E-state index in [9.17, 15) is 4.79 Å². The zero-order chi connectivity index (χ0) is 12.3. The number of aromatic nitrogens is 1. The van der Waals surface area contributed by atoms with Crippen molar-refractivity contribution in [1.82, 2.24) is 4.98 Å². The van der Waals surface area contributed by atoms with Gasteiger partial charge in [-0.3, -0.25) is 4.79 Å². The van der Waals surface area contributed by atoms with Crippen LogP contribution >= 0.6 is 23.2 Å². The molecule has 0 amide bonds. The van der Waals surface area contributed by atoms with Gasteiger partial charge in [0.25, 0.3) is 0 Å². The van der Waals surface area contributed by atoms with Crippen LogP contribution in [0.1, 0.15) is 16.1 Å². The number of allylic oxidation sites excluding steroid dienone is 1. The fourth-order valence-electron chi connectivity index (χ4n) is 1.39. The number of hydrogen-bond acceptors (Lipinski definition) is 1. The summed E-state index contributed by atoms with van der Waals surface area (Å²) >= 11 is 11.8. The Hall–Kier alpha value is -1.51. The lowest BCUT2D eigenvalue weighted by Gasteiger charge is -2.00. The van der Waals surface area contributed by atoms with E-state index in [0.717, 1.165) is 5.69 Å². The summed E-state index contributed by atoms with van der Waals surface area (Å²) < 4.78 is 0. The molecular weight excluding hydrogens is 257 g/mol. The van der Waals surface area contributed by atoms with E-state index < -0.39 is 0 Å². The van der Waals surface area contributed by atoms with Gasteiger partial charge < -0.3 is 4.98 Å². The second-order valence-electron chi connectivity index (χ2n) is 3.45. The molecule has 0 aliphatic heterocycles. The van der Waals surface area contributed by atoms with Crippen LogP contribution in [0.25, 0.3) is 6.08 Å². The molecule has 0 saturated carbocycles. The number of H-pyrrole nitrogens is 1. The Bertz CT molecular complexity index is 559. The first-order chi connectivity index (χ1) is 8.16. The van der Waals surface area contributed by atoms with E-state index in [1.54, 1.807) is 30.5 Å². The number of ketones is 1. The number of benzene rings is 1. The van der Waals surface area contributed by atoms with E-state index in [-0.39, 0.29) is 5.78 Å². The maximum atomic E-state index is 11.9. The fourth-order valence-corrected chi connectivity index (χ4v) is 1.77. The summed E-state index contributed by atoms with van der Waals surface area (Å²) in [4.78, 5) is 14.8. The molecule has 0 unspecified atom stereocenters. The molecule has 0 saturated heterocycles. The molecule has 2 nitrogen and oxygen atoms in total. The quantitative estimate of drug-likeness (QED) is 0.654. The predicted octanol–water partition coefficient (Wildman–Crippen LogP) is 4.22. The Morgan fingerprint density at radius 2 is 2.06 bits per heavy atom. The van der Waals surface area contributed by atoms with Gasteiger partial charge >= 0.3 is 0 Å². The van der Waals surface area contributed by atoms with Gasteiger partial charge in [0.05, 0.1) is 5.02 Å². The minimum Gasteiger partial charge on any atom is -0.362 e. The van der Waals surface area contributed by atoms with Crippen LogP contribution in [0.4, 0.5) is 0 Å². The third kappa shape index (κ3) is 2.99. The molecule has 1 N–H and O–H groups in total. The smallest absolute Gasteiger partial charge is 0.187 e. The molecule has 2 rings (SSSR count). The number of nitrogens with one attached hydrogen (secondary N) is 1. The van der Waals surface area contributed by atoms with Crippen LogP contribution in [-0.4, -0.2) is 10.8 Å². The number of hydrogen-bond donors (Lipinski definition) is 1. The van der Waals surface area contributed by atoms with Gasteiger partial charge in [-0.15, -0.1) is 0 Å². The van der Waals surface area contributed by atoms with Crippen molar-refractivity contribution < 1.29 is 4.79 Å². The number of rotatable bonds is 3. The van der Waals surface area contributed by atoms with Crippen LogP contribution in [0.15, 0.2) is 42.6 Å². The maximum Gasteiger partial charge on any atom is 0.187 e. The zero-order valence-corrected chi connectivity index (χ0v) is 10.3. The van der Waals surface area contributed by atoms with E-state index in [4.69, 9.17) is 23.2 Å². The molecule has 1 heterocycles. The first kappa shape index (κ1) is 12.0. The number of halogens is 2. The summed E-state index contributed by atoms with van der Waals surface area (Å²) in [6, 6.07) is 8.54. The monoisotopic (exact) mass is 265 g/mol. The molecule has 86 valence electrons. The minimum absolute atomic E-state index is 0.174. The molecule has 0 fully saturated rings. The normalized spacial score (nSPS) is 10.9. The summed E-state index contributed by atoms with van der Waals surface area (Å²) in [7, 11) is 0. The molecule has 1 aromatic heterocycles. The Morgan fingerprint density at radius 1 is 1.24 bits per heavy atom. The Morgan fingerprint density at radius 3 is 2.76 bits per heavy atom. The summed E-state index contributed by atoms with van der Waals surface area (Å²) in [5.41, 5.74) is 1.26. The van der Waals surface area contributed by atoms with Gasteiger partial charge in [-0.25, -0.2) is 0 Å². The SMILES string of the molecule is O=C(C=Cc1ccc[nH]1)c1cc(Cl)ccc1Cl. The van der Waals surface area contributed by atoms with Crippen LogP contribution < -0.4 is 0 Å². The van der Waals surface area contributed by atoms with Gasteiger partial charge in [0.2, 0.25) is 0 Å². The summed E-state index contributed by atoms with van der Waals surface area (Å²) in [6.07, 6.45) is 4.94. The average molecular weight is 266 g/mol. The summed E-state index contributed by atoms with van der Waals surface area (Å²) in [5.74, 6) is -0.174. The second kappa shape index (κ2) is 5.21. The molecule has 4 heteroatoms. The van der Waals surface area contributed by atoms with Crippen molar-refractivity contribution in [3.63, 3.8) is 0 Å². The van der Waals surface area contributed by atoms with Crippen LogP contribution in [0.5, 0.6) is 0 Å². The molecule has 0 radical (unpaired) electrons. The average Bonchev–Trinajstić information content (AvgIpc) is 2.82. The van der Waals surface area contributed by atoms with Gasteiger partial charge in [0.15, 0.2) is 5.78 Å². The van der Waals surface area contributed by atoms with Crippen LogP contribution in [0, 0.1) is 0 Å². The fraction of sp³-hybridized carbons (Fsp3) is 0. The van der Waals surface area contributed by atoms with Crippen molar-refractivity contribution >= 4 is 35.1 Å². The Kier molecular flexibility index (Phi) is 3.67. The Labute approximate surface area is 109 Å². The molecule has 0 atom stereocenters. The lowest BCUT2D eigenvalue weighted by molar-refractivity contribution is 0.104. The van der Waals surface area contributed by atoms with Gasteiger partial charge in [0.1, 0.15) is 0 Å². The minimum atomic E-state index is -0.174. The lowest BCUT2D eigenvalue weighted by Crippen LogP contribution is -1.95. The van der Waals surface area contributed by atoms with Crippen LogP contribution in [0.2, 0.25) is 10.0 Å². The largest absolute Gasteiger partial charge is 0.362 e. The summed E-state index contributed by atoms with van der Waals surface area (Å²) in [5, 5.41) is 0.890. The summed E-state index contributed by atoms with van der Waals surface area (Å²) in [6.45, 7) is 0. The third-order valence-corrected chi connectivity index (χ3v) is 2.79. The number of carbonyl (C=O) groups excluding carboxylic acids is 1. The zero-order valence-electron chi connectivity index (χ0n) is 8.78. The first-order valence-electron chi connectivity index (χ1n) is 4.97. The molecule has 0 spiro atoms. The standard InChI is InChI=1S/C13H9Cl2NO/c14-9-3-5-12(15)11(8-9)13(17)6-4-10-2-1-7-16-10/h1-8,16H. The first-order valence-corrected chi connectivity index (χ1v) is 5.73. The number of aromatic amines is 1. The molecule has 0 aliphatic carbocycles. The highest BCUT2D eigenvalue weighted by molar-refractivity contribution is 6.36. The van der Waals surface area contributed by atoms with Crippen molar-refractivity contribution in [1.29, 1.82) is 0 Å². The van der Waals surface area contributed by atoms with Gasteiger partial charge in [0, 0.05) is 22.5 Å². The van der Waals surface area contributed by atoms with Crippen molar-refractivity contribution in [3.8, 4) is 0 Å². The molecule has 0 bridgehead atoms. The topological polar surface area (TPSA) is 32.9 Å². The Balaban J connectivity index is 2.23. The molecular formula is C13H9Cl2NO. The van der Waals surface area contributed by atoms with Crippen molar-refractivity contribution in [2.75, 3.05) is 0 Å². The van der Waals surface area contributed by atoms with Crippen molar-refractivity contribution in [3.05, 3.63) is 63.9 Å². The highest BCUT2D eigenvalue weighted by Crippen LogP contribution is 2.21. The van der Waals surface area contributed by atoms with Gasteiger partial charge in [-0.05, 0) is 42.5 Å². The molecule has 2 aromatic rings. The van der Waals surface area contributed by atoms with Crippen LogP contribution in [0.3, 0.4) is 0 Å². The van der Waals surface area contributed by atoms with E-state index in [1.807, 2.05) is 12.1 Å². The van der Waals surface area contributed by atoms with E-state index in [0.29, 0.717) is 15.6 Å². The molecule has 17 heavy (non-hydrogen) atoms.